The van der Waals surface area contributed by atoms with E-state index >= 15 is 0 Å². The van der Waals surface area contributed by atoms with Crippen molar-refractivity contribution in [3.05, 3.63) is 71.5 Å². The highest BCUT2D eigenvalue weighted by Gasteiger charge is 2.34. The molecule has 0 fully saturated rings. The van der Waals surface area contributed by atoms with Gasteiger partial charge in [0.25, 0.3) is 0 Å². The van der Waals surface area contributed by atoms with Crippen LogP contribution in [0.4, 0.5) is 4.39 Å². The summed E-state index contributed by atoms with van der Waals surface area (Å²) in [6.45, 7) is 6.03. The Bertz CT molecular complexity index is 1010. The fraction of sp³-hybridized carbons (Fsp3) is 0.182. The van der Waals surface area contributed by atoms with Crippen molar-refractivity contribution in [1.82, 2.24) is 0 Å². The average molecular weight is 382 g/mol. The highest BCUT2D eigenvalue weighted by Crippen LogP contribution is 2.51. The second-order valence-corrected chi connectivity index (χ2v) is 7.90. The Labute approximate surface area is 162 Å². The topological polar surface area (TPSA) is 38.7 Å². The minimum atomic E-state index is -0.523. The van der Waals surface area contributed by atoms with Crippen molar-refractivity contribution in [2.45, 2.75) is 31.3 Å². The Morgan fingerprint density at radius 1 is 1.04 bits per heavy atom. The van der Waals surface area contributed by atoms with Crippen LogP contribution in [0.1, 0.15) is 25.0 Å². The summed E-state index contributed by atoms with van der Waals surface area (Å²) in [5.41, 5.74) is 3.27. The van der Waals surface area contributed by atoms with E-state index in [-0.39, 0.29) is 11.6 Å². The third-order valence-electron chi connectivity index (χ3n) is 4.56. The molecule has 3 aromatic carbocycles. The van der Waals surface area contributed by atoms with Crippen molar-refractivity contribution in [3.8, 4) is 28.4 Å². The van der Waals surface area contributed by atoms with Gasteiger partial charge >= 0.3 is 0 Å². The summed E-state index contributed by atoms with van der Waals surface area (Å²) in [6, 6.07) is 15.5. The number of hydrogen-bond acceptors (Lipinski definition) is 4. The monoisotopic (exact) mass is 382 g/mol. The van der Waals surface area contributed by atoms with Gasteiger partial charge in [-0.05, 0) is 50.6 Å². The summed E-state index contributed by atoms with van der Waals surface area (Å²) in [5.74, 6) is 0.847. The standard InChI is InChI=1S/C22H19FO3S/c1-13-4-9-18-17(10-13)21-19(24)11-15(12-20(21)25-22(18,2)3)26-27-16-7-5-14(23)6-8-16/h4-12,24H,1-3H3. The number of rotatable bonds is 3. The normalized spacial score (nSPS) is 14.1. The van der Waals surface area contributed by atoms with Crippen molar-refractivity contribution in [3.63, 3.8) is 0 Å². The Hall–Kier alpha value is -2.66. The molecule has 0 amide bonds. The fourth-order valence-electron chi connectivity index (χ4n) is 3.28. The van der Waals surface area contributed by atoms with Crippen molar-refractivity contribution in [2.24, 2.45) is 0 Å². The summed E-state index contributed by atoms with van der Waals surface area (Å²) < 4.78 is 24.9. The van der Waals surface area contributed by atoms with Crippen LogP contribution in [0.5, 0.6) is 17.2 Å². The SMILES string of the molecule is Cc1ccc2c(c1)-c1c(O)cc(OSc3ccc(F)cc3)cc1OC2(C)C. The molecule has 1 aliphatic rings. The van der Waals surface area contributed by atoms with E-state index in [1.54, 1.807) is 24.3 Å². The maximum Gasteiger partial charge on any atom is 0.145 e. The van der Waals surface area contributed by atoms with Crippen LogP contribution in [0.25, 0.3) is 11.1 Å². The van der Waals surface area contributed by atoms with E-state index < -0.39 is 5.60 Å². The molecule has 0 saturated heterocycles. The van der Waals surface area contributed by atoms with Crippen molar-refractivity contribution >= 4 is 12.0 Å². The quantitative estimate of drug-likeness (QED) is 0.546. The summed E-state index contributed by atoms with van der Waals surface area (Å²) >= 11 is 1.10. The van der Waals surface area contributed by atoms with Gasteiger partial charge in [-0.2, -0.15) is 0 Å². The molecular formula is C22H19FO3S. The molecule has 0 aromatic heterocycles. The van der Waals surface area contributed by atoms with E-state index in [1.807, 2.05) is 32.9 Å². The van der Waals surface area contributed by atoms with Gasteiger partial charge in [0.05, 0.1) is 17.6 Å². The first-order valence-electron chi connectivity index (χ1n) is 8.61. The van der Waals surface area contributed by atoms with Gasteiger partial charge in [-0.3, -0.25) is 0 Å². The molecule has 0 spiro atoms. The van der Waals surface area contributed by atoms with Crippen LogP contribution in [-0.4, -0.2) is 5.11 Å². The molecule has 4 rings (SSSR count). The maximum absolute atomic E-state index is 13.0. The van der Waals surface area contributed by atoms with Gasteiger partial charge in [-0.1, -0.05) is 23.8 Å². The first-order chi connectivity index (χ1) is 12.8. The van der Waals surface area contributed by atoms with E-state index in [0.717, 1.165) is 33.6 Å². The second-order valence-electron chi connectivity index (χ2n) is 7.10. The first-order valence-corrected chi connectivity index (χ1v) is 9.35. The molecule has 138 valence electrons. The van der Waals surface area contributed by atoms with Crippen molar-refractivity contribution in [1.29, 1.82) is 0 Å². The van der Waals surface area contributed by atoms with Crippen LogP contribution < -0.4 is 8.92 Å². The molecule has 27 heavy (non-hydrogen) atoms. The summed E-state index contributed by atoms with van der Waals surface area (Å²) in [6.07, 6.45) is 0. The molecule has 0 radical (unpaired) electrons. The number of phenols is 1. The molecule has 0 unspecified atom stereocenters. The lowest BCUT2D eigenvalue weighted by molar-refractivity contribution is 0.105. The van der Waals surface area contributed by atoms with E-state index in [1.165, 1.54) is 12.1 Å². The Morgan fingerprint density at radius 3 is 2.52 bits per heavy atom. The summed E-state index contributed by atoms with van der Waals surface area (Å²) in [4.78, 5) is 0.760. The number of benzene rings is 3. The minimum Gasteiger partial charge on any atom is -0.507 e. The maximum atomic E-state index is 13.0. The largest absolute Gasteiger partial charge is 0.507 e. The van der Waals surface area contributed by atoms with E-state index in [0.29, 0.717) is 17.1 Å². The Balaban J connectivity index is 1.70. The number of hydrogen-bond donors (Lipinski definition) is 1. The third-order valence-corrected chi connectivity index (χ3v) is 5.30. The number of ether oxygens (including phenoxy) is 1. The van der Waals surface area contributed by atoms with Crippen LogP contribution in [0, 0.1) is 12.7 Å². The highest BCUT2D eigenvalue weighted by atomic mass is 32.2. The van der Waals surface area contributed by atoms with Crippen LogP contribution in [-0.2, 0) is 5.60 Å². The average Bonchev–Trinajstić information content (AvgIpc) is 2.60. The molecule has 3 aromatic rings. The molecule has 0 atom stereocenters. The lowest BCUT2D eigenvalue weighted by Gasteiger charge is -2.35. The van der Waals surface area contributed by atoms with Gasteiger partial charge in [0.1, 0.15) is 28.7 Å². The first kappa shape index (κ1) is 17.7. The predicted molar refractivity (Wildman–Crippen MR) is 105 cm³/mol. The van der Waals surface area contributed by atoms with E-state index in [9.17, 15) is 9.50 Å². The van der Waals surface area contributed by atoms with Gasteiger partial charge in [-0.15, -0.1) is 0 Å². The molecule has 1 N–H and O–H groups in total. The Kier molecular flexibility index (Phi) is 4.27. The number of aryl methyl sites for hydroxylation is 1. The van der Waals surface area contributed by atoms with Crippen LogP contribution in [0.2, 0.25) is 0 Å². The fourth-order valence-corrected chi connectivity index (χ4v) is 3.82. The van der Waals surface area contributed by atoms with Gasteiger partial charge in [0, 0.05) is 22.6 Å². The van der Waals surface area contributed by atoms with Crippen molar-refractivity contribution < 1.29 is 18.4 Å². The highest BCUT2D eigenvalue weighted by molar-refractivity contribution is 7.95. The molecule has 5 heteroatoms. The van der Waals surface area contributed by atoms with Gasteiger partial charge in [-0.25, -0.2) is 4.39 Å². The lowest BCUT2D eigenvalue weighted by atomic mass is 9.85. The number of halogens is 1. The van der Waals surface area contributed by atoms with Gasteiger partial charge < -0.3 is 14.0 Å². The third kappa shape index (κ3) is 3.35. The second kappa shape index (κ2) is 6.50. The molecule has 0 aliphatic carbocycles. The van der Waals surface area contributed by atoms with Crippen LogP contribution >= 0.6 is 12.0 Å². The molecule has 3 nitrogen and oxygen atoms in total. The zero-order chi connectivity index (χ0) is 19.2. The zero-order valence-electron chi connectivity index (χ0n) is 15.2. The number of aromatic hydroxyl groups is 1. The van der Waals surface area contributed by atoms with E-state index in [4.69, 9.17) is 8.92 Å². The minimum absolute atomic E-state index is 0.101. The lowest BCUT2D eigenvalue weighted by Crippen LogP contribution is -2.29. The van der Waals surface area contributed by atoms with Crippen molar-refractivity contribution in [2.75, 3.05) is 0 Å². The predicted octanol–water partition coefficient (Wildman–Crippen LogP) is 6.22. The smallest absolute Gasteiger partial charge is 0.145 e. The van der Waals surface area contributed by atoms with Gasteiger partial charge in [0.15, 0.2) is 0 Å². The molecule has 1 heterocycles. The molecule has 0 bridgehead atoms. The molecule has 0 saturated carbocycles. The number of phenolic OH excluding ortho intramolecular Hbond substituents is 1. The molecular weight excluding hydrogens is 363 g/mol. The van der Waals surface area contributed by atoms with E-state index in [2.05, 4.69) is 6.07 Å². The summed E-state index contributed by atoms with van der Waals surface area (Å²) in [7, 11) is 0. The molecule has 1 aliphatic heterocycles. The Morgan fingerprint density at radius 2 is 1.78 bits per heavy atom. The van der Waals surface area contributed by atoms with Crippen LogP contribution in [0.3, 0.4) is 0 Å². The zero-order valence-corrected chi connectivity index (χ0v) is 16.1. The number of fused-ring (bicyclic) bond motifs is 3. The van der Waals surface area contributed by atoms with Gasteiger partial charge in [0.2, 0.25) is 0 Å². The van der Waals surface area contributed by atoms with Crippen LogP contribution in [0.15, 0.2) is 59.5 Å². The summed E-state index contributed by atoms with van der Waals surface area (Å²) in [5, 5.41) is 10.7.